The molecule has 0 atom stereocenters. The van der Waals surface area contributed by atoms with E-state index >= 15 is 0 Å². The minimum Gasteiger partial charge on any atom is -0.436 e. The molecular weight excluding hydrogens is 651 g/mol. The van der Waals surface area contributed by atoms with E-state index in [9.17, 15) is 0 Å². The van der Waals surface area contributed by atoms with Crippen molar-refractivity contribution in [2.75, 3.05) is 0 Å². The van der Waals surface area contributed by atoms with Gasteiger partial charge in [-0.2, -0.15) is 0 Å². The Morgan fingerprint density at radius 2 is 0.865 bits per heavy atom. The highest BCUT2D eigenvalue weighted by Gasteiger charge is 2.17. The number of aromatic nitrogens is 1. The molecule has 8 aromatic carbocycles. The average molecular weight is 682 g/mol. The van der Waals surface area contributed by atoms with E-state index in [1.54, 1.807) is 0 Å². The fourth-order valence-corrected chi connectivity index (χ4v) is 8.34. The Hall–Kier alpha value is -6.55. The number of hydrogen-bond donors (Lipinski definition) is 0. The van der Waals surface area contributed by atoms with Gasteiger partial charge in [0.2, 0.25) is 5.89 Å². The van der Waals surface area contributed by atoms with E-state index < -0.39 is 0 Å². The first-order valence-corrected chi connectivity index (χ1v) is 18.3. The van der Waals surface area contributed by atoms with Gasteiger partial charge in [-0.1, -0.05) is 133 Å². The largest absolute Gasteiger partial charge is 0.436 e. The van der Waals surface area contributed by atoms with E-state index in [2.05, 4.69) is 188 Å². The van der Waals surface area contributed by atoms with Crippen molar-refractivity contribution < 1.29 is 4.42 Å². The van der Waals surface area contributed by atoms with Crippen LogP contribution in [0, 0.1) is 0 Å². The molecule has 10 rings (SSSR count). The van der Waals surface area contributed by atoms with Crippen LogP contribution >= 0.6 is 11.3 Å². The van der Waals surface area contributed by atoms with E-state index in [4.69, 9.17) is 9.40 Å². The van der Waals surface area contributed by atoms with Crippen LogP contribution in [0.15, 0.2) is 192 Å². The molecule has 0 unspecified atom stereocenters. The van der Waals surface area contributed by atoms with Gasteiger partial charge in [0.25, 0.3) is 0 Å². The van der Waals surface area contributed by atoms with Gasteiger partial charge in [0.15, 0.2) is 5.58 Å². The number of thiophene rings is 1. The maximum atomic E-state index is 6.64. The summed E-state index contributed by atoms with van der Waals surface area (Å²) >= 11 is 1.84. The Balaban J connectivity index is 1.08. The number of rotatable bonds is 6. The smallest absolute Gasteiger partial charge is 0.227 e. The van der Waals surface area contributed by atoms with Crippen LogP contribution in [0.25, 0.3) is 98.4 Å². The summed E-state index contributed by atoms with van der Waals surface area (Å²) in [5.74, 6) is 0.608. The quantitative estimate of drug-likeness (QED) is 0.175. The van der Waals surface area contributed by atoms with Gasteiger partial charge in [-0.05, 0) is 105 Å². The lowest BCUT2D eigenvalue weighted by atomic mass is 9.94. The fourth-order valence-electron chi connectivity index (χ4n) is 7.26. The molecule has 0 N–H and O–H groups in total. The second kappa shape index (κ2) is 12.6. The van der Waals surface area contributed by atoms with Crippen molar-refractivity contribution in [2.24, 2.45) is 0 Å². The molecule has 10 aromatic rings. The third-order valence-electron chi connectivity index (χ3n) is 9.92. The molecule has 0 spiro atoms. The maximum absolute atomic E-state index is 6.64. The van der Waals surface area contributed by atoms with Gasteiger partial charge < -0.3 is 4.42 Å². The Morgan fingerprint density at radius 1 is 0.346 bits per heavy atom. The molecular formula is C49H31NOS. The lowest BCUT2D eigenvalue weighted by molar-refractivity contribution is 0.620. The summed E-state index contributed by atoms with van der Waals surface area (Å²) in [7, 11) is 0. The van der Waals surface area contributed by atoms with Crippen molar-refractivity contribution in [3.05, 3.63) is 188 Å². The number of fused-ring (bicyclic) bond motifs is 4. The van der Waals surface area contributed by atoms with Crippen LogP contribution < -0.4 is 0 Å². The summed E-state index contributed by atoms with van der Waals surface area (Å²) in [5, 5.41) is 2.61. The lowest BCUT2D eigenvalue weighted by Gasteiger charge is -2.10. The molecule has 0 fully saturated rings. The van der Waals surface area contributed by atoms with Gasteiger partial charge in [0.1, 0.15) is 5.52 Å². The maximum Gasteiger partial charge on any atom is 0.227 e. The first-order chi connectivity index (χ1) is 25.7. The van der Waals surface area contributed by atoms with Crippen LogP contribution in [0.1, 0.15) is 0 Å². The van der Waals surface area contributed by atoms with E-state index in [0.717, 1.165) is 50.0 Å². The summed E-state index contributed by atoms with van der Waals surface area (Å²) in [6.45, 7) is 0. The van der Waals surface area contributed by atoms with Gasteiger partial charge >= 0.3 is 0 Å². The van der Waals surface area contributed by atoms with Crippen molar-refractivity contribution in [3.63, 3.8) is 0 Å². The molecule has 0 aliphatic rings. The molecule has 52 heavy (non-hydrogen) atoms. The molecule has 0 radical (unpaired) electrons. The van der Waals surface area contributed by atoms with Crippen molar-refractivity contribution in [2.45, 2.75) is 0 Å². The molecule has 0 aliphatic carbocycles. The third-order valence-corrected chi connectivity index (χ3v) is 11.1. The predicted octanol–water partition coefficient (Wildman–Crippen LogP) is 14.2. The summed E-state index contributed by atoms with van der Waals surface area (Å²) in [4.78, 5) is 5.17. The van der Waals surface area contributed by atoms with Crippen LogP contribution in [0.4, 0.5) is 0 Å². The summed E-state index contributed by atoms with van der Waals surface area (Å²) in [5.41, 5.74) is 14.0. The first-order valence-electron chi connectivity index (χ1n) is 17.5. The number of benzene rings is 8. The van der Waals surface area contributed by atoms with Crippen LogP contribution in [0.5, 0.6) is 0 Å². The van der Waals surface area contributed by atoms with Crippen LogP contribution in [0.3, 0.4) is 0 Å². The second-order valence-corrected chi connectivity index (χ2v) is 14.3. The molecule has 2 aromatic heterocycles. The van der Waals surface area contributed by atoms with Crippen molar-refractivity contribution in [1.29, 1.82) is 0 Å². The molecule has 0 bridgehead atoms. The molecule has 244 valence electrons. The van der Waals surface area contributed by atoms with Crippen molar-refractivity contribution in [3.8, 4) is 67.1 Å². The normalized spacial score (nSPS) is 11.5. The van der Waals surface area contributed by atoms with Gasteiger partial charge in [-0.25, -0.2) is 4.98 Å². The number of nitrogens with zero attached hydrogens (tertiary/aromatic N) is 1. The molecule has 2 heterocycles. The van der Waals surface area contributed by atoms with Gasteiger partial charge in [-0.3, -0.25) is 0 Å². The molecule has 3 heteroatoms. The standard InChI is InChI=1S/C49H31NOS/c1-3-11-32(12-4-1)36-15-9-17-38(27-36)41-30-43(40-18-10-16-37(28-40)33-13-5-2-6-14-33)48-45(31-41)51-49(50-48)35-23-21-34(22-24-35)39-25-26-47-44(29-39)42-19-7-8-20-46(42)52-47/h1-31H. The summed E-state index contributed by atoms with van der Waals surface area (Å²) in [6, 6.07) is 66.9. The zero-order valence-electron chi connectivity index (χ0n) is 28.2. The Labute approximate surface area is 305 Å². The average Bonchev–Trinajstić information content (AvgIpc) is 3.83. The highest BCUT2D eigenvalue weighted by atomic mass is 32.1. The Bertz CT molecular complexity index is 2880. The highest BCUT2D eigenvalue weighted by molar-refractivity contribution is 7.25. The zero-order valence-corrected chi connectivity index (χ0v) is 29.0. The second-order valence-electron chi connectivity index (χ2n) is 13.2. The van der Waals surface area contributed by atoms with E-state index in [1.807, 2.05) is 11.3 Å². The first kappa shape index (κ1) is 30.3. The van der Waals surface area contributed by atoms with Crippen molar-refractivity contribution >= 4 is 42.6 Å². The van der Waals surface area contributed by atoms with E-state index in [0.29, 0.717) is 5.89 Å². The lowest BCUT2D eigenvalue weighted by Crippen LogP contribution is -1.87. The number of hydrogen-bond acceptors (Lipinski definition) is 3. The minimum absolute atomic E-state index is 0.608. The summed E-state index contributed by atoms with van der Waals surface area (Å²) in [6.07, 6.45) is 0. The van der Waals surface area contributed by atoms with Gasteiger partial charge in [-0.15, -0.1) is 11.3 Å². The Morgan fingerprint density at radius 3 is 1.60 bits per heavy atom. The minimum atomic E-state index is 0.608. The highest BCUT2D eigenvalue weighted by Crippen LogP contribution is 2.40. The van der Waals surface area contributed by atoms with Gasteiger partial charge in [0, 0.05) is 31.3 Å². The molecule has 2 nitrogen and oxygen atoms in total. The molecule has 0 aliphatic heterocycles. The number of oxazole rings is 1. The van der Waals surface area contributed by atoms with Crippen LogP contribution in [-0.2, 0) is 0 Å². The van der Waals surface area contributed by atoms with Crippen LogP contribution in [0.2, 0.25) is 0 Å². The van der Waals surface area contributed by atoms with Crippen LogP contribution in [-0.4, -0.2) is 4.98 Å². The van der Waals surface area contributed by atoms with Crippen molar-refractivity contribution in [1.82, 2.24) is 4.98 Å². The topological polar surface area (TPSA) is 26.0 Å². The predicted molar refractivity (Wildman–Crippen MR) is 220 cm³/mol. The third kappa shape index (κ3) is 5.49. The fraction of sp³-hybridized carbons (Fsp3) is 0. The van der Waals surface area contributed by atoms with Gasteiger partial charge in [0.05, 0.1) is 0 Å². The monoisotopic (exact) mass is 681 g/mol. The molecule has 0 amide bonds. The Kier molecular flexibility index (Phi) is 7.37. The molecule has 0 saturated carbocycles. The van der Waals surface area contributed by atoms with E-state index in [-0.39, 0.29) is 0 Å². The summed E-state index contributed by atoms with van der Waals surface area (Å²) < 4.78 is 9.27. The zero-order chi connectivity index (χ0) is 34.4. The molecule has 0 saturated heterocycles. The van der Waals surface area contributed by atoms with E-state index in [1.165, 1.54) is 42.4 Å². The SMILES string of the molecule is c1ccc(-c2cccc(-c3cc(-c4cccc(-c5ccccc5)c4)c4nc(-c5ccc(-c6ccc7sc8ccccc8c7c6)cc5)oc4c3)c2)cc1.